The molecule has 2 aromatic heterocycles. The average molecular weight is 785 g/mol. The van der Waals surface area contributed by atoms with Gasteiger partial charge in [-0.1, -0.05) is 68.7 Å². The fourth-order valence-corrected chi connectivity index (χ4v) is 11.5. The minimum Gasteiger partial charge on any atom is -0.508 e. The van der Waals surface area contributed by atoms with Crippen LogP contribution in [0.5, 0.6) is 17.5 Å². The van der Waals surface area contributed by atoms with E-state index in [0.29, 0.717) is 47.7 Å². The lowest BCUT2D eigenvalue weighted by Crippen LogP contribution is -2.51. The number of aromatic hydroxyl groups is 3. The Kier molecular flexibility index (Phi) is 9.85. The number of hydrogen-bond donors (Lipinski definition) is 3. The molecule has 9 rings (SSSR count). The predicted molar refractivity (Wildman–Crippen MR) is 222 cm³/mol. The Labute approximate surface area is 341 Å². The third-order valence-electron chi connectivity index (χ3n) is 14.8. The van der Waals surface area contributed by atoms with E-state index in [1.807, 2.05) is 55.4 Å². The highest BCUT2D eigenvalue weighted by Crippen LogP contribution is 2.66. The number of carbonyl (C=O) groups excluding carboxylic acids is 1. The van der Waals surface area contributed by atoms with E-state index in [1.165, 1.54) is 40.2 Å². The zero-order valence-corrected chi connectivity index (χ0v) is 34.1. The Morgan fingerprint density at radius 3 is 2.41 bits per heavy atom. The van der Waals surface area contributed by atoms with Gasteiger partial charge < -0.3 is 25.0 Å². The molecule has 58 heavy (non-hydrogen) atoms. The first-order chi connectivity index (χ1) is 27.9. The first-order valence-corrected chi connectivity index (χ1v) is 21.2. The molecule has 11 nitrogen and oxygen atoms in total. The Hall–Kier alpha value is -5.16. The lowest BCUT2D eigenvalue weighted by Gasteiger charge is -2.58. The molecule has 3 N–H and O–H groups in total. The van der Waals surface area contributed by atoms with Crippen LogP contribution in [0.15, 0.2) is 78.6 Å². The van der Waals surface area contributed by atoms with E-state index < -0.39 is 0 Å². The molecule has 3 heterocycles. The van der Waals surface area contributed by atoms with E-state index in [0.717, 1.165) is 57.3 Å². The molecule has 0 bridgehead atoms. The van der Waals surface area contributed by atoms with Crippen LogP contribution in [-0.2, 0) is 11.3 Å². The SMILES string of the molecule is CC(C)c1cc(-c2nnc(O)n2-c2ccc(CN3CCN(C(=O)O[C@H]4CC[C@@]5(C)C(=CC[C@@H]6C5CC[C@]5(C)C(c7cccnc7)=CCC65)C4)CC3)cc2)c(O)cc1O. The third-order valence-corrected chi connectivity index (χ3v) is 14.8. The lowest BCUT2D eigenvalue weighted by molar-refractivity contribution is -0.0307. The van der Waals surface area contributed by atoms with Gasteiger partial charge in [-0.3, -0.25) is 9.88 Å². The van der Waals surface area contributed by atoms with Crippen molar-refractivity contribution in [1.82, 2.24) is 29.5 Å². The number of amides is 1. The molecule has 4 aromatic rings. The van der Waals surface area contributed by atoms with Gasteiger partial charge in [0, 0.05) is 57.6 Å². The van der Waals surface area contributed by atoms with Crippen LogP contribution >= 0.6 is 0 Å². The van der Waals surface area contributed by atoms with Crippen molar-refractivity contribution in [2.24, 2.45) is 28.6 Å². The van der Waals surface area contributed by atoms with Crippen LogP contribution in [0, 0.1) is 28.6 Å². The molecule has 6 atom stereocenters. The minimum atomic E-state index is -0.301. The molecule has 0 radical (unpaired) electrons. The normalized spacial score (nSPS) is 28.3. The second-order valence-corrected chi connectivity index (χ2v) is 18.2. The van der Waals surface area contributed by atoms with Gasteiger partial charge in [0.2, 0.25) is 0 Å². The van der Waals surface area contributed by atoms with Gasteiger partial charge in [0.1, 0.15) is 17.6 Å². The second-order valence-electron chi connectivity index (χ2n) is 18.2. The Morgan fingerprint density at radius 2 is 1.67 bits per heavy atom. The topological polar surface area (TPSA) is 137 Å². The number of phenolic OH excluding ortho intramolecular Hbond substituents is 2. The van der Waals surface area contributed by atoms with Crippen LogP contribution < -0.4 is 0 Å². The standard InChI is InChI=1S/C47H56N6O5/c1-29(2)36-25-37(42(55)26-41(36)54)43-49-50-44(56)53(43)33-10-7-30(8-11-33)28-51-20-22-52(23-21-51)45(57)58-34-15-17-46(3)32(24-34)9-12-35-39-14-13-38(31-6-5-19-48-27-31)47(39,4)18-16-40(35)46/h5-11,13,19,25-27,29,34-35,39-40,54-55H,12,14-18,20-24,28H2,1-4H3,(H,50,56)/t34-,35-,39?,40?,46-,47+/m0/s1. The van der Waals surface area contributed by atoms with Crippen LogP contribution in [-0.4, -0.2) is 83.2 Å². The molecule has 2 unspecified atom stereocenters. The highest BCUT2D eigenvalue weighted by molar-refractivity contribution is 5.73. The molecular weight excluding hydrogens is 729 g/mol. The van der Waals surface area contributed by atoms with Gasteiger partial charge in [0.25, 0.3) is 0 Å². The Bertz CT molecular complexity index is 2240. The maximum absolute atomic E-state index is 13.5. The van der Waals surface area contributed by atoms with Gasteiger partial charge in [0.15, 0.2) is 5.82 Å². The van der Waals surface area contributed by atoms with Crippen LogP contribution in [0.1, 0.15) is 95.2 Å². The molecule has 2 aromatic carbocycles. The summed E-state index contributed by atoms with van der Waals surface area (Å²) in [5.41, 5.74) is 7.47. The first-order valence-electron chi connectivity index (χ1n) is 21.2. The number of ether oxygens (including phenoxy) is 1. The van der Waals surface area contributed by atoms with Crippen LogP contribution in [0.3, 0.4) is 0 Å². The highest BCUT2D eigenvalue weighted by Gasteiger charge is 2.57. The molecular formula is C47H56N6O5. The zero-order chi connectivity index (χ0) is 40.3. The number of carbonyl (C=O) groups is 1. The number of piperazine rings is 1. The van der Waals surface area contributed by atoms with E-state index in [-0.39, 0.29) is 52.3 Å². The highest BCUT2D eigenvalue weighted by atomic mass is 16.6. The smallest absolute Gasteiger partial charge is 0.410 e. The minimum absolute atomic E-state index is 0.00555. The molecule has 1 amide bonds. The number of pyridine rings is 1. The fourth-order valence-electron chi connectivity index (χ4n) is 11.5. The third kappa shape index (κ3) is 6.65. The number of benzene rings is 2. The van der Waals surface area contributed by atoms with Crippen molar-refractivity contribution in [2.75, 3.05) is 26.2 Å². The Morgan fingerprint density at radius 1 is 0.897 bits per heavy atom. The Balaban J connectivity index is 0.784. The number of nitrogens with zero attached hydrogens (tertiary/aromatic N) is 6. The zero-order valence-electron chi connectivity index (χ0n) is 34.1. The quantitative estimate of drug-likeness (QED) is 0.157. The fraction of sp³-hybridized carbons (Fsp3) is 0.489. The van der Waals surface area contributed by atoms with Gasteiger partial charge in [-0.05, 0) is 120 Å². The van der Waals surface area contributed by atoms with E-state index in [4.69, 9.17) is 4.74 Å². The maximum atomic E-state index is 13.5. The summed E-state index contributed by atoms with van der Waals surface area (Å²) in [5, 5.41) is 39.7. The largest absolute Gasteiger partial charge is 0.508 e. The van der Waals surface area contributed by atoms with E-state index in [2.05, 4.69) is 58.2 Å². The number of allylic oxidation sites excluding steroid dienone is 3. The van der Waals surface area contributed by atoms with Crippen molar-refractivity contribution >= 4 is 11.7 Å². The number of hydrogen-bond acceptors (Lipinski definition) is 9. The van der Waals surface area contributed by atoms with Crippen LogP contribution in [0.4, 0.5) is 4.79 Å². The molecule has 3 fully saturated rings. The molecule has 4 aliphatic carbocycles. The van der Waals surface area contributed by atoms with Gasteiger partial charge in [-0.2, -0.15) is 0 Å². The number of aromatic nitrogens is 4. The lowest BCUT2D eigenvalue weighted by atomic mass is 9.47. The number of rotatable bonds is 7. The summed E-state index contributed by atoms with van der Waals surface area (Å²) in [7, 11) is 0. The summed E-state index contributed by atoms with van der Waals surface area (Å²) in [5.74, 6) is 2.17. The van der Waals surface area contributed by atoms with Crippen molar-refractivity contribution in [1.29, 1.82) is 0 Å². The molecule has 0 spiro atoms. The number of fused-ring (bicyclic) bond motifs is 5. The van der Waals surface area contributed by atoms with E-state index >= 15 is 0 Å². The molecule has 11 heteroatoms. The maximum Gasteiger partial charge on any atom is 0.410 e. The van der Waals surface area contributed by atoms with Gasteiger partial charge in [-0.25, -0.2) is 9.36 Å². The summed E-state index contributed by atoms with van der Waals surface area (Å²) < 4.78 is 7.73. The van der Waals surface area contributed by atoms with E-state index in [1.54, 1.807) is 6.07 Å². The van der Waals surface area contributed by atoms with Crippen molar-refractivity contribution in [3.8, 4) is 34.6 Å². The van der Waals surface area contributed by atoms with Crippen LogP contribution in [0.2, 0.25) is 0 Å². The van der Waals surface area contributed by atoms with E-state index in [9.17, 15) is 20.1 Å². The van der Waals surface area contributed by atoms with Gasteiger partial charge in [-0.15, -0.1) is 5.10 Å². The predicted octanol–water partition coefficient (Wildman–Crippen LogP) is 8.85. The second kappa shape index (κ2) is 14.9. The van der Waals surface area contributed by atoms with Gasteiger partial charge in [0.05, 0.1) is 11.3 Å². The van der Waals surface area contributed by atoms with Crippen LogP contribution in [0.25, 0.3) is 22.6 Å². The summed E-state index contributed by atoms with van der Waals surface area (Å²) >= 11 is 0. The summed E-state index contributed by atoms with van der Waals surface area (Å²) in [6, 6.07) is 14.8. The average Bonchev–Trinajstić information content (AvgIpc) is 3.78. The summed E-state index contributed by atoms with van der Waals surface area (Å²) in [6.07, 6.45) is 16.3. The first kappa shape index (κ1) is 38.4. The monoisotopic (exact) mass is 784 g/mol. The van der Waals surface area contributed by atoms with Crippen molar-refractivity contribution < 1.29 is 24.9 Å². The molecule has 5 aliphatic rings. The van der Waals surface area contributed by atoms with Crippen molar-refractivity contribution in [3.63, 3.8) is 0 Å². The van der Waals surface area contributed by atoms with Gasteiger partial charge >= 0.3 is 12.1 Å². The van der Waals surface area contributed by atoms with Crippen molar-refractivity contribution in [3.05, 3.63) is 95.3 Å². The molecule has 2 saturated carbocycles. The molecule has 1 aliphatic heterocycles. The molecule has 304 valence electrons. The summed E-state index contributed by atoms with van der Waals surface area (Å²) in [6.45, 7) is 12.4. The molecule has 1 saturated heterocycles. The summed E-state index contributed by atoms with van der Waals surface area (Å²) in [4.78, 5) is 22.1. The number of phenols is 2. The van der Waals surface area contributed by atoms with Crippen molar-refractivity contribution in [2.45, 2.75) is 91.2 Å².